The largest absolute Gasteiger partial charge is 0.390 e. The van der Waals surface area contributed by atoms with Crippen LogP contribution in [0.2, 0.25) is 0 Å². The standard InChI is InChI=1S/C11H23NO/c1-3-6-11(2,13)8-10-5-4-7-12-9-10/h10,12-13H,3-9H2,1-2H3. The second-order valence-electron chi connectivity index (χ2n) is 4.66. The third-order valence-electron chi connectivity index (χ3n) is 2.92. The van der Waals surface area contributed by atoms with Crippen molar-refractivity contribution < 1.29 is 5.11 Å². The Bertz CT molecular complexity index is 139. The minimum Gasteiger partial charge on any atom is -0.390 e. The molecule has 78 valence electrons. The Morgan fingerprint density at radius 2 is 2.31 bits per heavy atom. The van der Waals surface area contributed by atoms with E-state index in [1.807, 2.05) is 6.92 Å². The van der Waals surface area contributed by atoms with Gasteiger partial charge in [-0.25, -0.2) is 0 Å². The molecule has 13 heavy (non-hydrogen) atoms. The van der Waals surface area contributed by atoms with Crippen LogP contribution < -0.4 is 5.32 Å². The van der Waals surface area contributed by atoms with E-state index in [1.165, 1.54) is 12.8 Å². The van der Waals surface area contributed by atoms with Crippen molar-refractivity contribution in [3.63, 3.8) is 0 Å². The third-order valence-corrected chi connectivity index (χ3v) is 2.92. The van der Waals surface area contributed by atoms with Crippen molar-refractivity contribution in [2.75, 3.05) is 13.1 Å². The van der Waals surface area contributed by atoms with E-state index in [4.69, 9.17) is 0 Å². The van der Waals surface area contributed by atoms with E-state index in [1.54, 1.807) is 0 Å². The van der Waals surface area contributed by atoms with Crippen LogP contribution in [0.1, 0.15) is 46.0 Å². The van der Waals surface area contributed by atoms with E-state index in [0.717, 1.165) is 32.4 Å². The lowest BCUT2D eigenvalue weighted by molar-refractivity contribution is 0.0211. The number of hydrogen-bond donors (Lipinski definition) is 2. The fourth-order valence-corrected chi connectivity index (χ4v) is 2.36. The van der Waals surface area contributed by atoms with Gasteiger partial charge in [0.25, 0.3) is 0 Å². The van der Waals surface area contributed by atoms with Gasteiger partial charge in [0, 0.05) is 0 Å². The molecule has 1 aliphatic heterocycles. The Hall–Kier alpha value is -0.0800. The molecule has 1 heterocycles. The highest BCUT2D eigenvalue weighted by Gasteiger charge is 2.25. The molecular weight excluding hydrogens is 162 g/mol. The van der Waals surface area contributed by atoms with Crippen LogP contribution in [-0.2, 0) is 0 Å². The van der Waals surface area contributed by atoms with E-state index in [2.05, 4.69) is 12.2 Å². The van der Waals surface area contributed by atoms with Crippen LogP contribution >= 0.6 is 0 Å². The monoisotopic (exact) mass is 185 g/mol. The summed E-state index contributed by atoms with van der Waals surface area (Å²) in [6, 6.07) is 0. The smallest absolute Gasteiger partial charge is 0.0622 e. The molecule has 2 unspecified atom stereocenters. The fraction of sp³-hybridized carbons (Fsp3) is 1.00. The molecule has 0 aromatic heterocycles. The van der Waals surface area contributed by atoms with E-state index in [0.29, 0.717) is 5.92 Å². The van der Waals surface area contributed by atoms with Crippen LogP contribution in [0.4, 0.5) is 0 Å². The van der Waals surface area contributed by atoms with Gasteiger partial charge in [0.1, 0.15) is 0 Å². The van der Waals surface area contributed by atoms with Gasteiger partial charge in [-0.2, -0.15) is 0 Å². The van der Waals surface area contributed by atoms with Crippen molar-refractivity contribution in [1.82, 2.24) is 5.32 Å². The summed E-state index contributed by atoms with van der Waals surface area (Å²) in [5.74, 6) is 0.690. The van der Waals surface area contributed by atoms with Gasteiger partial charge in [0.2, 0.25) is 0 Å². The molecule has 1 fully saturated rings. The maximum Gasteiger partial charge on any atom is 0.0622 e. The minimum atomic E-state index is -0.432. The lowest BCUT2D eigenvalue weighted by Gasteiger charge is -2.30. The summed E-state index contributed by atoms with van der Waals surface area (Å²) >= 11 is 0. The lowest BCUT2D eigenvalue weighted by Crippen LogP contribution is -2.36. The first kappa shape index (κ1) is 11.0. The normalized spacial score (nSPS) is 28.4. The van der Waals surface area contributed by atoms with Gasteiger partial charge >= 0.3 is 0 Å². The molecule has 1 saturated heterocycles. The Labute approximate surface area is 81.7 Å². The maximum atomic E-state index is 10.0. The predicted octanol–water partition coefficient (Wildman–Crippen LogP) is 1.93. The summed E-state index contributed by atoms with van der Waals surface area (Å²) in [5.41, 5.74) is -0.432. The van der Waals surface area contributed by atoms with Crippen LogP contribution in [0, 0.1) is 5.92 Å². The zero-order chi connectivity index (χ0) is 9.73. The summed E-state index contributed by atoms with van der Waals surface area (Å²) < 4.78 is 0. The zero-order valence-corrected chi connectivity index (χ0v) is 8.97. The molecule has 0 aromatic rings. The average molecular weight is 185 g/mol. The molecule has 2 atom stereocenters. The highest BCUT2D eigenvalue weighted by molar-refractivity contribution is 4.79. The van der Waals surface area contributed by atoms with Gasteiger partial charge in [-0.1, -0.05) is 13.3 Å². The quantitative estimate of drug-likeness (QED) is 0.701. The second kappa shape index (κ2) is 4.97. The van der Waals surface area contributed by atoms with E-state index < -0.39 is 5.60 Å². The van der Waals surface area contributed by atoms with Crippen LogP contribution in [0.25, 0.3) is 0 Å². The molecule has 2 N–H and O–H groups in total. The number of rotatable bonds is 4. The van der Waals surface area contributed by atoms with Gasteiger partial charge in [-0.05, 0) is 51.6 Å². The first-order valence-corrected chi connectivity index (χ1v) is 5.57. The maximum absolute atomic E-state index is 10.0. The first-order chi connectivity index (χ1) is 6.14. The van der Waals surface area contributed by atoms with Crippen molar-refractivity contribution in [2.24, 2.45) is 5.92 Å². The third kappa shape index (κ3) is 4.10. The molecule has 0 bridgehead atoms. The van der Waals surface area contributed by atoms with Gasteiger partial charge in [-0.15, -0.1) is 0 Å². The Kier molecular flexibility index (Phi) is 4.20. The summed E-state index contributed by atoms with van der Waals surface area (Å²) in [4.78, 5) is 0. The fourth-order valence-electron chi connectivity index (χ4n) is 2.36. The summed E-state index contributed by atoms with van der Waals surface area (Å²) in [6.07, 6.45) is 5.53. The number of piperidine rings is 1. The van der Waals surface area contributed by atoms with Crippen molar-refractivity contribution in [3.8, 4) is 0 Å². The number of aliphatic hydroxyl groups is 1. The molecular formula is C11H23NO. The number of hydrogen-bond acceptors (Lipinski definition) is 2. The molecule has 0 aromatic carbocycles. The van der Waals surface area contributed by atoms with Crippen LogP contribution in [0.15, 0.2) is 0 Å². The Morgan fingerprint density at radius 3 is 2.85 bits per heavy atom. The van der Waals surface area contributed by atoms with Crippen molar-refractivity contribution in [1.29, 1.82) is 0 Å². The minimum absolute atomic E-state index is 0.432. The molecule has 1 aliphatic rings. The van der Waals surface area contributed by atoms with Gasteiger partial charge in [0.05, 0.1) is 5.60 Å². The zero-order valence-electron chi connectivity index (χ0n) is 8.97. The molecule has 0 aliphatic carbocycles. The van der Waals surface area contributed by atoms with Crippen molar-refractivity contribution >= 4 is 0 Å². The molecule has 0 radical (unpaired) electrons. The second-order valence-corrected chi connectivity index (χ2v) is 4.66. The van der Waals surface area contributed by atoms with E-state index >= 15 is 0 Å². The molecule has 0 saturated carbocycles. The summed E-state index contributed by atoms with van der Waals surface area (Å²) in [5, 5.41) is 13.4. The molecule has 1 rings (SSSR count). The predicted molar refractivity (Wildman–Crippen MR) is 55.7 cm³/mol. The number of nitrogens with one attached hydrogen (secondary N) is 1. The van der Waals surface area contributed by atoms with Crippen LogP contribution in [-0.4, -0.2) is 23.8 Å². The van der Waals surface area contributed by atoms with Crippen molar-refractivity contribution in [3.05, 3.63) is 0 Å². The highest BCUT2D eigenvalue weighted by atomic mass is 16.3. The Morgan fingerprint density at radius 1 is 1.54 bits per heavy atom. The summed E-state index contributed by atoms with van der Waals surface area (Å²) in [7, 11) is 0. The van der Waals surface area contributed by atoms with Gasteiger partial charge in [-0.3, -0.25) is 0 Å². The highest BCUT2D eigenvalue weighted by Crippen LogP contribution is 2.25. The Balaban J connectivity index is 2.28. The summed E-state index contributed by atoms with van der Waals surface area (Å²) in [6.45, 7) is 6.37. The average Bonchev–Trinajstić information content (AvgIpc) is 2.04. The van der Waals surface area contributed by atoms with Gasteiger partial charge < -0.3 is 10.4 Å². The van der Waals surface area contributed by atoms with Crippen LogP contribution in [0.5, 0.6) is 0 Å². The molecule has 0 spiro atoms. The van der Waals surface area contributed by atoms with Crippen LogP contribution in [0.3, 0.4) is 0 Å². The van der Waals surface area contributed by atoms with E-state index in [-0.39, 0.29) is 0 Å². The molecule has 2 heteroatoms. The topological polar surface area (TPSA) is 32.3 Å². The first-order valence-electron chi connectivity index (χ1n) is 5.57. The van der Waals surface area contributed by atoms with E-state index in [9.17, 15) is 5.11 Å². The molecule has 0 amide bonds. The van der Waals surface area contributed by atoms with Gasteiger partial charge in [0.15, 0.2) is 0 Å². The SMILES string of the molecule is CCCC(C)(O)CC1CCCNC1. The molecule has 2 nitrogen and oxygen atoms in total. The van der Waals surface area contributed by atoms with Crippen molar-refractivity contribution in [2.45, 2.75) is 51.6 Å². The lowest BCUT2D eigenvalue weighted by atomic mass is 9.85.